The van der Waals surface area contributed by atoms with Gasteiger partial charge in [0, 0.05) is 56.2 Å². The summed E-state index contributed by atoms with van der Waals surface area (Å²) in [6.45, 7) is 8.99. The van der Waals surface area contributed by atoms with Crippen LogP contribution in [-0.4, -0.2) is 59.4 Å². The normalized spacial score (nSPS) is 18.7. The molecular weight excluding hydrogens is 422 g/mol. The average Bonchev–Trinajstić information content (AvgIpc) is 3.18. The molecule has 0 radical (unpaired) electrons. The second-order valence-electron chi connectivity index (χ2n) is 9.52. The summed E-state index contributed by atoms with van der Waals surface area (Å²) in [4.78, 5) is 6.32. The summed E-state index contributed by atoms with van der Waals surface area (Å²) in [5.41, 5.74) is 1.56. The Morgan fingerprint density at radius 1 is 1.25 bits per heavy atom. The number of piperidine rings is 1. The van der Waals surface area contributed by atoms with Crippen LogP contribution in [0, 0.1) is 0 Å². The number of rotatable bonds is 6. The maximum atomic E-state index is 10.6. The Morgan fingerprint density at radius 3 is 2.53 bits per heavy atom. The molecule has 0 bridgehead atoms. The molecule has 1 saturated heterocycles. The molecule has 2 aromatic rings. The Kier molecular flexibility index (Phi) is 7.09. The van der Waals surface area contributed by atoms with Crippen LogP contribution >= 0.6 is 11.3 Å². The van der Waals surface area contributed by atoms with E-state index in [1.54, 1.807) is 19.3 Å². The highest BCUT2D eigenvalue weighted by atomic mass is 32.1. The van der Waals surface area contributed by atoms with E-state index in [0.29, 0.717) is 16.6 Å². The first-order valence-electron chi connectivity index (χ1n) is 10.8. The molecule has 9 heteroatoms. The topological polar surface area (TPSA) is 97.7 Å². The molecule has 4 N–H and O–H groups in total. The maximum Gasteiger partial charge on any atom is 0.208 e. The third kappa shape index (κ3) is 5.77. The Morgan fingerprint density at radius 2 is 1.94 bits per heavy atom. The zero-order valence-corrected chi connectivity index (χ0v) is 20.8. The number of benzene rings is 1. The number of aliphatic imine (C=N–C) groups is 1. The van der Waals surface area contributed by atoms with Crippen LogP contribution in [0.5, 0.6) is 5.75 Å². The van der Waals surface area contributed by atoms with Crippen LogP contribution in [0.25, 0.3) is 10.6 Å². The molecule has 8 nitrogen and oxygen atoms in total. The standard InChI is InChI=1S/C23H35N7OS/c1-22(2)13-16(14-23(3,4)29-22)30(7)21-28-27-20(32-21)17-9-8-15(12-18(17)31)26-11-10-19(24-5)25-6/h8-12,16,26,29,31H,13-14H2,1-7H3,(H,24,25)/b11-10-. The van der Waals surface area contributed by atoms with E-state index in [0.717, 1.165) is 29.5 Å². The van der Waals surface area contributed by atoms with E-state index < -0.39 is 0 Å². The van der Waals surface area contributed by atoms with Gasteiger partial charge < -0.3 is 26.0 Å². The molecule has 174 valence electrons. The van der Waals surface area contributed by atoms with Gasteiger partial charge in [-0.15, -0.1) is 10.2 Å². The van der Waals surface area contributed by atoms with Gasteiger partial charge in [-0.2, -0.15) is 0 Å². The smallest absolute Gasteiger partial charge is 0.208 e. The van der Waals surface area contributed by atoms with Crippen molar-refractivity contribution in [2.45, 2.75) is 57.7 Å². The SMILES string of the molecule is CN=C(/C=C\Nc1ccc(-c2nnc(N(C)C3CC(C)(C)NC(C)(C)C3)s2)c(O)c1)NC. The minimum Gasteiger partial charge on any atom is -0.507 e. The van der Waals surface area contributed by atoms with Gasteiger partial charge in [0.05, 0.1) is 5.56 Å². The highest BCUT2D eigenvalue weighted by Crippen LogP contribution is 2.38. The van der Waals surface area contributed by atoms with Gasteiger partial charge in [0.2, 0.25) is 5.13 Å². The van der Waals surface area contributed by atoms with E-state index in [4.69, 9.17) is 0 Å². The molecular formula is C23H35N7OS. The fraction of sp³-hybridized carbons (Fsp3) is 0.522. The summed E-state index contributed by atoms with van der Waals surface area (Å²) in [7, 11) is 5.62. The first kappa shape index (κ1) is 24.0. The Labute approximate surface area is 194 Å². The van der Waals surface area contributed by atoms with Crippen molar-refractivity contribution in [2.75, 3.05) is 31.4 Å². The molecule has 1 aromatic carbocycles. The highest BCUT2D eigenvalue weighted by Gasteiger charge is 2.39. The molecule has 0 saturated carbocycles. The fourth-order valence-corrected chi connectivity index (χ4v) is 5.37. The van der Waals surface area contributed by atoms with Crippen LogP contribution in [0.2, 0.25) is 0 Å². The zero-order valence-electron chi connectivity index (χ0n) is 20.0. The molecule has 0 unspecified atom stereocenters. The molecule has 1 aliphatic rings. The molecule has 1 aliphatic heterocycles. The van der Waals surface area contributed by atoms with E-state index in [9.17, 15) is 5.11 Å². The van der Waals surface area contributed by atoms with Crippen molar-refractivity contribution in [3.8, 4) is 16.3 Å². The number of nitrogens with one attached hydrogen (secondary N) is 3. The van der Waals surface area contributed by atoms with Crippen molar-refractivity contribution in [3.05, 3.63) is 30.5 Å². The average molecular weight is 458 g/mol. The number of amidine groups is 1. The molecule has 1 aromatic heterocycles. The van der Waals surface area contributed by atoms with Crippen molar-refractivity contribution < 1.29 is 5.11 Å². The van der Waals surface area contributed by atoms with Crippen molar-refractivity contribution in [1.82, 2.24) is 20.8 Å². The number of aromatic nitrogens is 2. The first-order chi connectivity index (χ1) is 15.0. The maximum absolute atomic E-state index is 10.6. The van der Waals surface area contributed by atoms with Crippen LogP contribution in [0.1, 0.15) is 40.5 Å². The number of hydrogen-bond donors (Lipinski definition) is 4. The van der Waals surface area contributed by atoms with Crippen molar-refractivity contribution in [1.29, 1.82) is 0 Å². The largest absolute Gasteiger partial charge is 0.507 e. The second kappa shape index (κ2) is 9.46. The van der Waals surface area contributed by atoms with Gasteiger partial charge >= 0.3 is 0 Å². The number of aromatic hydroxyl groups is 1. The third-order valence-corrected chi connectivity index (χ3v) is 6.70. The Bertz CT molecular complexity index is 980. The molecule has 0 amide bonds. The highest BCUT2D eigenvalue weighted by molar-refractivity contribution is 7.18. The van der Waals surface area contributed by atoms with Crippen molar-refractivity contribution >= 4 is 28.0 Å². The van der Waals surface area contributed by atoms with Crippen LogP contribution in [0.4, 0.5) is 10.8 Å². The van der Waals surface area contributed by atoms with Crippen molar-refractivity contribution in [2.24, 2.45) is 4.99 Å². The van der Waals surface area contributed by atoms with Gasteiger partial charge in [-0.25, -0.2) is 0 Å². The first-order valence-corrected chi connectivity index (χ1v) is 11.6. The lowest BCUT2D eigenvalue weighted by atomic mass is 9.79. The van der Waals surface area contributed by atoms with Crippen LogP contribution < -0.4 is 20.9 Å². The predicted octanol–water partition coefficient (Wildman–Crippen LogP) is 3.83. The summed E-state index contributed by atoms with van der Waals surface area (Å²) < 4.78 is 0. The molecule has 3 rings (SSSR count). The molecule has 0 spiro atoms. The van der Waals surface area contributed by atoms with Crippen LogP contribution in [0.15, 0.2) is 35.5 Å². The summed E-state index contributed by atoms with van der Waals surface area (Å²) in [5.74, 6) is 0.917. The second-order valence-corrected chi connectivity index (χ2v) is 10.5. The number of nitrogens with zero attached hydrogens (tertiary/aromatic N) is 4. The van der Waals surface area contributed by atoms with Gasteiger partial charge in [0.25, 0.3) is 0 Å². The molecule has 0 atom stereocenters. The fourth-order valence-electron chi connectivity index (χ4n) is 4.45. The number of anilines is 2. The van der Waals surface area contributed by atoms with Gasteiger partial charge in [0.1, 0.15) is 11.6 Å². The molecule has 1 fully saturated rings. The summed E-state index contributed by atoms with van der Waals surface area (Å²) in [6.07, 6.45) is 5.65. The monoisotopic (exact) mass is 457 g/mol. The van der Waals surface area contributed by atoms with E-state index in [1.165, 1.54) is 11.3 Å². The van der Waals surface area contributed by atoms with Crippen LogP contribution in [0.3, 0.4) is 0 Å². The van der Waals surface area contributed by atoms with Gasteiger partial charge in [-0.05, 0) is 58.7 Å². The van der Waals surface area contributed by atoms with Gasteiger partial charge in [-0.3, -0.25) is 4.99 Å². The summed E-state index contributed by atoms with van der Waals surface area (Å²) >= 11 is 1.50. The Balaban J connectivity index is 1.73. The Hall–Kier alpha value is -2.65. The molecule has 2 heterocycles. The summed E-state index contributed by atoms with van der Waals surface area (Å²) in [6, 6.07) is 5.82. The minimum absolute atomic E-state index is 0.0562. The number of phenols is 1. The number of hydrogen-bond acceptors (Lipinski definition) is 8. The van der Waals surface area contributed by atoms with Gasteiger partial charge in [-0.1, -0.05) is 11.3 Å². The third-order valence-electron chi connectivity index (χ3n) is 5.65. The summed E-state index contributed by atoms with van der Waals surface area (Å²) in [5, 5.41) is 30.8. The number of likely N-dealkylation sites (N-methyl/N-ethyl adjacent to an activating group) is 1. The lowest BCUT2D eigenvalue weighted by Crippen LogP contribution is -2.61. The van der Waals surface area contributed by atoms with E-state index >= 15 is 0 Å². The number of phenolic OH excluding ortho intramolecular Hbond substituents is 1. The quantitative estimate of drug-likeness (QED) is 0.387. The van der Waals surface area contributed by atoms with Gasteiger partial charge in [0.15, 0.2) is 5.01 Å². The minimum atomic E-state index is 0.0562. The van der Waals surface area contributed by atoms with Crippen molar-refractivity contribution in [3.63, 3.8) is 0 Å². The van der Waals surface area contributed by atoms with E-state index in [1.807, 2.05) is 25.3 Å². The zero-order chi connectivity index (χ0) is 23.5. The van der Waals surface area contributed by atoms with E-state index in [2.05, 4.69) is 70.8 Å². The van der Waals surface area contributed by atoms with Crippen LogP contribution in [-0.2, 0) is 0 Å². The van der Waals surface area contributed by atoms with E-state index in [-0.39, 0.29) is 16.8 Å². The lowest BCUT2D eigenvalue weighted by molar-refractivity contribution is 0.161. The predicted molar refractivity (Wildman–Crippen MR) is 135 cm³/mol. The molecule has 0 aliphatic carbocycles. The molecule has 32 heavy (non-hydrogen) atoms. The lowest BCUT2D eigenvalue weighted by Gasteiger charge is -2.48.